The first-order valence-electron chi connectivity index (χ1n) is 8.63. The van der Waals surface area contributed by atoms with Crippen LogP contribution in [0.5, 0.6) is 0 Å². The van der Waals surface area contributed by atoms with E-state index in [4.69, 9.17) is 11.6 Å². The Morgan fingerprint density at radius 1 is 0.966 bits per heavy atom. The minimum absolute atomic E-state index is 0.175. The number of hydrogen-bond acceptors (Lipinski definition) is 4. The molecule has 0 saturated heterocycles. The van der Waals surface area contributed by atoms with Crippen LogP contribution in [0.3, 0.4) is 0 Å². The smallest absolute Gasteiger partial charge is 0.261 e. The topological polar surface area (TPSA) is 75.3 Å². The summed E-state index contributed by atoms with van der Waals surface area (Å²) in [7, 11) is -3.70. The highest BCUT2D eigenvalue weighted by atomic mass is 35.5. The van der Waals surface area contributed by atoms with Gasteiger partial charge >= 0.3 is 0 Å². The molecule has 1 amide bonds. The molecule has 0 spiro atoms. The normalized spacial score (nSPS) is 11.1. The summed E-state index contributed by atoms with van der Waals surface area (Å²) in [6.45, 7) is 1.82. The molecular weight excluding hydrogens is 428 g/mol. The molecule has 0 aliphatic carbocycles. The monoisotopic (exact) mass is 446 g/mol. The standard InChI is InChI=1S/C21H19ClN2O3S2/c1-14-19(22)4-3-5-20(14)23-21(25)15-6-8-16(9-7-15)24-29(26,27)18-12-10-17(28-2)11-13-18/h3-13,24H,1-2H3,(H,23,25). The number of thioether (sulfide) groups is 1. The van der Waals surface area contributed by atoms with E-state index in [-0.39, 0.29) is 10.8 Å². The zero-order valence-electron chi connectivity index (χ0n) is 15.8. The van der Waals surface area contributed by atoms with E-state index < -0.39 is 10.0 Å². The van der Waals surface area contributed by atoms with Crippen LogP contribution < -0.4 is 10.0 Å². The van der Waals surface area contributed by atoms with Gasteiger partial charge in [-0.2, -0.15) is 0 Å². The van der Waals surface area contributed by atoms with Gasteiger partial charge in [-0.15, -0.1) is 11.8 Å². The fourth-order valence-corrected chi connectivity index (χ4v) is 4.24. The Kier molecular flexibility index (Phi) is 6.52. The number of sulfonamides is 1. The van der Waals surface area contributed by atoms with Gasteiger partial charge in [0.2, 0.25) is 0 Å². The van der Waals surface area contributed by atoms with Gasteiger partial charge in [0.25, 0.3) is 15.9 Å². The van der Waals surface area contributed by atoms with Crippen molar-refractivity contribution in [2.45, 2.75) is 16.7 Å². The minimum atomic E-state index is -3.70. The first-order chi connectivity index (χ1) is 13.8. The lowest BCUT2D eigenvalue weighted by atomic mass is 10.1. The molecule has 0 saturated carbocycles. The molecule has 0 aromatic heterocycles. The molecule has 0 aliphatic heterocycles. The van der Waals surface area contributed by atoms with E-state index in [0.717, 1.165) is 10.5 Å². The second-order valence-corrected chi connectivity index (χ2v) is 9.19. The van der Waals surface area contributed by atoms with Gasteiger partial charge in [-0.3, -0.25) is 9.52 Å². The average molecular weight is 447 g/mol. The van der Waals surface area contributed by atoms with E-state index in [2.05, 4.69) is 10.0 Å². The largest absolute Gasteiger partial charge is 0.322 e. The zero-order chi connectivity index (χ0) is 21.0. The number of hydrogen-bond donors (Lipinski definition) is 2. The highest BCUT2D eigenvalue weighted by molar-refractivity contribution is 7.98. The molecule has 3 aromatic carbocycles. The van der Waals surface area contributed by atoms with Crippen molar-refractivity contribution in [2.24, 2.45) is 0 Å². The van der Waals surface area contributed by atoms with E-state index in [1.165, 1.54) is 11.8 Å². The summed E-state index contributed by atoms with van der Waals surface area (Å²) in [5.41, 5.74) is 2.17. The highest BCUT2D eigenvalue weighted by Gasteiger charge is 2.15. The van der Waals surface area contributed by atoms with Gasteiger partial charge in [0.15, 0.2) is 0 Å². The van der Waals surface area contributed by atoms with Gasteiger partial charge < -0.3 is 5.32 Å². The quantitative estimate of drug-likeness (QED) is 0.495. The van der Waals surface area contributed by atoms with Crippen LogP contribution in [0, 0.1) is 6.92 Å². The number of carbonyl (C=O) groups excluding carboxylic acids is 1. The molecule has 0 radical (unpaired) electrons. The van der Waals surface area contributed by atoms with E-state index in [0.29, 0.717) is 22.0 Å². The Morgan fingerprint density at radius 2 is 1.62 bits per heavy atom. The van der Waals surface area contributed by atoms with Crippen LogP contribution in [0.2, 0.25) is 5.02 Å². The number of carbonyl (C=O) groups is 1. The number of anilines is 2. The summed E-state index contributed by atoms with van der Waals surface area (Å²) in [5.74, 6) is -0.308. The van der Waals surface area contributed by atoms with E-state index in [1.807, 2.05) is 13.2 Å². The van der Waals surface area contributed by atoms with Crippen LogP contribution in [0.15, 0.2) is 76.5 Å². The van der Waals surface area contributed by atoms with Gasteiger partial charge in [-0.05, 0) is 79.4 Å². The number of rotatable bonds is 6. The molecule has 29 heavy (non-hydrogen) atoms. The molecule has 5 nitrogen and oxygen atoms in total. The van der Waals surface area contributed by atoms with Gasteiger partial charge in [0, 0.05) is 26.9 Å². The van der Waals surface area contributed by atoms with Crippen molar-refractivity contribution in [1.82, 2.24) is 0 Å². The summed E-state index contributed by atoms with van der Waals surface area (Å²) < 4.78 is 27.6. The van der Waals surface area contributed by atoms with Gasteiger partial charge in [-0.1, -0.05) is 17.7 Å². The second kappa shape index (κ2) is 8.90. The third kappa shape index (κ3) is 5.12. The lowest BCUT2D eigenvalue weighted by Gasteiger charge is -2.11. The molecule has 0 bridgehead atoms. The molecule has 3 aromatic rings. The van der Waals surface area contributed by atoms with Crippen molar-refractivity contribution >= 4 is 50.7 Å². The molecule has 2 N–H and O–H groups in total. The first-order valence-corrected chi connectivity index (χ1v) is 11.7. The van der Waals surface area contributed by atoms with Crippen LogP contribution in [0.1, 0.15) is 15.9 Å². The third-order valence-corrected chi connectivity index (χ3v) is 6.84. The van der Waals surface area contributed by atoms with E-state index in [9.17, 15) is 13.2 Å². The first kappa shape index (κ1) is 21.2. The number of nitrogens with one attached hydrogen (secondary N) is 2. The molecule has 0 unspecified atom stereocenters. The fraction of sp³-hybridized carbons (Fsp3) is 0.0952. The van der Waals surface area contributed by atoms with Crippen molar-refractivity contribution in [1.29, 1.82) is 0 Å². The van der Waals surface area contributed by atoms with Gasteiger partial charge in [-0.25, -0.2) is 8.42 Å². The molecule has 150 valence electrons. The van der Waals surface area contributed by atoms with Crippen LogP contribution in [-0.4, -0.2) is 20.6 Å². The van der Waals surface area contributed by atoms with Crippen molar-refractivity contribution in [3.05, 3.63) is 82.9 Å². The number of amides is 1. The maximum Gasteiger partial charge on any atom is 0.261 e. The average Bonchev–Trinajstić information content (AvgIpc) is 2.71. The molecule has 0 fully saturated rings. The number of halogens is 1. The van der Waals surface area contributed by atoms with Crippen LogP contribution in [0.25, 0.3) is 0 Å². The Labute approximate surface area is 179 Å². The highest BCUT2D eigenvalue weighted by Crippen LogP contribution is 2.24. The Bertz CT molecular complexity index is 1130. The van der Waals surface area contributed by atoms with Crippen molar-refractivity contribution in [2.75, 3.05) is 16.3 Å². The molecule has 3 rings (SSSR count). The number of benzene rings is 3. The molecule has 0 heterocycles. The van der Waals surface area contributed by atoms with Gasteiger partial charge in [0.1, 0.15) is 0 Å². The van der Waals surface area contributed by atoms with E-state index >= 15 is 0 Å². The Morgan fingerprint density at radius 3 is 2.24 bits per heavy atom. The molecule has 8 heteroatoms. The lowest BCUT2D eigenvalue weighted by molar-refractivity contribution is 0.102. The van der Waals surface area contributed by atoms with Crippen molar-refractivity contribution < 1.29 is 13.2 Å². The Balaban J connectivity index is 1.72. The molecule has 0 aliphatic rings. The second-order valence-electron chi connectivity index (χ2n) is 6.22. The predicted molar refractivity (Wildman–Crippen MR) is 120 cm³/mol. The summed E-state index contributed by atoms with van der Waals surface area (Å²) in [4.78, 5) is 13.6. The van der Waals surface area contributed by atoms with Crippen LogP contribution >= 0.6 is 23.4 Å². The SMILES string of the molecule is CSc1ccc(S(=O)(=O)Nc2ccc(C(=O)Nc3cccc(Cl)c3C)cc2)cc1. The van der Waals surface area contributed by atoms with Crippen molar-refractivity contribution in [3.63, 3.8) is 0 Å². The maximum atomic E-state index is 12.5. The minimum Gasteiger partial charge on any atom is -0.322 e. The van der Waals surface area contributed by atoms with Gasteiger partial charge in [0.05, 0.1) is 4.90 Å². The Hall–Kier alpha value is -2.48. The van der Waals surface area contributed by atoms with Crippen LogP contribution in [-0.2, 0) is 10.0 Å². The zero-order valence-corrected chi connectivity index (χ0v) is 18.2. The fourth-order valence-electron chi connectivity index (χ4n) is 2.60. The molecular formula is C21H19ClN2O3S2. The molecule has 0 atom stereocenters. The van der Waals surface area contributed by atoms with Crippen molar-refractivity contribution in [3.8, 4) is 0 Å². The third-order valence-electron chi connectivity index (χ3n) is 4.28. The summed E-state index contributed by atoms with van der Waals surface area (Å²) in [5, 5.41) is 3.38. The van der Waals surface area contributed by atoms with E-state index in [1.54, 1.807) is 66.7 Å². The maximum absolute atomic E-state index is 12.5. The van der Waals surface area contributed by atoms with Crippen LogP contribution in [0.4, 0.5) is 11.4 Å². The summed E-state index contributed by atoms with van der Waals surface area (Å²) >= 11 is 7.61. The lowest BCUT2D eigenvalue weighted by Crippen LogP contribution is -2.14. The summed E-state index contributed by atoms with van der Waals surface area (Å²) in [6, 6.07) is 18.1. The predicted octanol–water partition coefficient (Wildman–Crippen LogP) is 5.42. The summed E-state index contributed by atoms with van der Waals surface area (Å²) in [6.07, 6.45) is 1.92.